The van der Waals surface area contributed by atoms with E-state index in [1.807, 2.05) is 0 Å². The van der Waals surface area contributed by atoms with Crippen LogP contribution in [0, 0.1) is 5.21 Å². The molecule has 1 atom stereocenters. The van der Waals surface area contributed by atoms with Crippen LogP contribution in [0.25, 0.3) is 0 Å². The Morgan fingerprint density at radius 3 is 2.33 bits per heavy atom. The molecule has 192 valence electrons. The highest BCUT2D eigenvalue weighted by atomic mass is 32.2. The van der Waals surface area contributed by atoms with Crippen LogP contribution < -0.4 is 15.0 Å². The summed E-state index contributed by atoms with van der Waals surface area (Å²) in [5, 5.41) is 17.1. The lowest BCUT2D eigenvalue weighted by atomic mass is 10.1. The van der Waals surface area contributed by atoms with E-state index >= 15 is 0 Å². The molecule has 0 aliphatic carbocycles. The SMILES string of the molecule is COC(=O)[C@H](Cc1ccc(Oc2no[n+]([O-])c2S(=O)(=O)c2ccccc2)cc1)NC(=O)OC(C)(C)C. The predicted octanol–water partition coefficient (Wildman–Crippen LogP) is 2.54. The van der Waals surface area contributed by atoms with Gasteiger partial charge in [0.15, 0.2) is 0 Å². The van der Waals surface area contributed by atoms with Crippen molar-refractivity contribution in [2.75, 3.05) is 7.11 Å². The molecule has 1 heterocycles. The zero-order chi connectivity index (χ0) is 26.5. The van der Waals surface area contributed by atoms with E-state index in [9.17, 15) is 23.2 Å². The molecular weight excluding hydrogens is 494 g/mol. The minimum Gasteiger partial charge on any atom is -0.467 e. The number of benzene rings is 2. The number of alkyl carbamates (subject to hydrolysis) is 1. The lowest BCUT2D eigenvalue weighted by molar-refractivity contribution is -0.832. The van der Waals surface area contributed by atoms with Crippen molar-refractivity contribution in [3.05, 3.63) is 65.4 Å². The third-order valence-corrected chi connectivity index (χ3v) is 6.33. The van der Waals surface area contributed by atoms with Gasteiger partial charge >= 0.3 is 23.0 Å². The number of carbonyl (C=O) groups is 2. The molecule has 0 fully saturated rings. The van der Waals surface area contributed by atoms with Crippen LogP contribution in [0.15, 0.2) is 69.1 Å². The Kier molecular flexibility index (Phi) is 7.83. The topological polar surface area (TPSA) is 161 Å². The van der Waals surface area contributed by atoms with Gasteiger partial charge in [0, 0.05) is 6.42 Å². The number of hydrogen-bond acceptors (Lipinski definition) is 10. The molecule has 0 radical (unpaired) electrons. The lowest BCUT2D eigenvalue weighted by Crippen LogP contribution is -2.45. The Morgan fingerprint density at radius 2 is 1.75 bits per heavy atom. The van der Waals surface area contributed by atoms with Crippen LogP contribution >= 0.6 is 0 Å². The highest BCUT2D eigenvalue weighted by Gasteiger charge is 2.36. The van der Waals surface area contributed by atoms with E-state index in [1.165, 1.54) is 43.5 Å². The first-order valence-corrected chi connectivity index (χ1v) is 12.1. The summed E-state index contributed by atoms with van der Waals surface area (Å²) in [5.74, 6) is -1.06. The molecule has 3 rings (SSSR count). The first-order chi connectivity index (χ1) is 16.9. The number of esters is 1. The fourth-order valence-corrected chi connectivity index (χ4v) is 4.32. The molecule has 0 spiro atoms. The average Bonchev–Trinajstić information content (AvgIpc) is 3.19. The largest absolute Gasteiger partial charge is 0.467 e. The molecule has 0 aliphatic rings. The number of nitrogens with one attached hydrogen (secondary N) is 1. The van der Waals surface area contributed by atoms with Crippen LogP contribution in [0.1, 0.15) is 26.3 Å². The lowest BCUT2D eigenvalue weighted by Gasteiger charge is -2.22. The fourth-order valence-electron chi connectivity index (χ4n) is 3.04. The van der Waals surface area contributed by atoms with Crippen LogP contribution in [-0.2, 0) is 30.5 Å². The van der Waals surface area contributed by atoms with Crippen LogP contribution in [0.4, 0.5) is 4.79 Å². The Morgan fingerprint density at radius 1 is 1.11 bits per heavy atom. The van der Waals surface area contributed by atoms with E-state index in [0.717, 1.165) is 0 Å². The molecule has 12 nitrogen and oxygen atoms in total. The summed E-state index contributed by atoms with van der Waals surface area (Å²) in [6.07, 6.45) is -0.702. The Labute approximate surface area is 207 Å². The number of sulfone groups is 1. The van der Waals surface area contributed by atoms with Gasteiger partial charge in [-0.3, -0.25) is 4.63 Å². The van der Waals surface area contributed by atoms with E-state index < -0.39 is 44.4 Å². The Hall–Kier alpha value is -4.13. The number of hydrogen-bond donors (Lipinski definition) is 1. The normalized spacial score (nSPS) is 12.4. The highest BCUT2D eigenvalue weighted by molar-refractivity contribution is 7.91. The van der Waals surface area contributed by atoms with Crippen LogP contribution in [0.5, 0.6) is 11.6 Å². The number of aromatic nitrogens is 2. The van der Waals surface area contributed by atoms with E-state index in [1.54, 1.807) is 39.0 Å². The van der Waals surface area contributed by atoms with Gasteiger partial charge in [-0.15, -0.1) is 0 Å². The van der Waals surface area contributed by atoms with Gasteiger partial charge in [-0.25, -0.2) is 18.0 Å². The molecule has 1 amide bonds. The van der Waals surface area contributed by atoms with Gasteiger partial charge in [0.1, 0.15) is 17.4 Å². The van der Waals surface area contributed by atoms with Crippen molar-refractivity contribution in [3.63, 3.8) is 0 Å². The molecule has 36 heavy (non-hydrogen) atoms. The first-order valence-electron chi connectivity index (χ1n) is 10.6. The second-order valence-electron chi connectivity index (χ2n) is 8.53. The molecule has 0 aliphatic heterocycles. The quantitative estimate of drug-likeness (QED) is 0.346. The molecule has 3 aromatic rings. The Bertz CT molecular complexity index is 1320. The molecule has 0 bridgehead atoms. The summed E-state index contributed by atoms with van der Waals surface area (Å²) in [6.45, 7) is 5.08. The summed E-state index contributed by atoms with van der Waals surface area (Å²) in [7, 11) is -3.07. The monoisotopic (exact) mass is 519 g/mol. The van der Waals surface area contributed by atoms with Crippen molar-refractivity contribution < 1.29 is 41.7 Å². The average molecular weight is 520 g/mol. The van der Waals surface area contributed by atoms with E-state index in [4.69, 9.17) is 14.2 Å². The summed E-state index contributed by atoms with van der Waals surface area (Å²) >= 11 is 0. The molecule has 1 aromatic heterocycles. The van der Waals surface area contributed by atoms with Gasteiger partial charge in [0.25, 0.3) is 9.84 Å². The van der Waals surface area contributed by atoms with E-state index in [-0.39, 0.29) is 22.0 Å². The third kappa shape index (κ3) is 6.50. The van der Waals surface area contributed by atoms with Crippen molar-refractivity contribution >= 4 is 21.9 Å². The van der Waals surface area contributed by atoms with Crippen molar-refractivity contribution in [3.8, 4) is 11.6 Å². The van der Waals surface area contributed by atoms with Gasteiger partial charge in [0.05, 0.1) is 17.2 Å². The number of methoxy groups -OCH3 is 1. The molecule has 1 N–H and O–H groups in total. The van der Waals surface area contributed by atoms with Crippen molar-refractivity contribution in [1.29, 1.82) is 0 Å². The maximum absolute atomic E-state index is 12.9. The predicted molar refractivity (Wildman–Crippen MR) is 123 cm³/mol. The summed E-state index contributed by atoms with van der Waals surface area (Å²) in [6, 6.07) is 12.4. The van der Waals surface area contributed by atoms with Gasteiger partial charge in [-0.05, 0) is 55.5 Å². The van der Waals surface area contributed by atoms with Crippen molar-refractivity contribution in [2.24, 2.45) is 0 Å². The molecule has 0 unspecified atom stereocenters. The molecule has 0 saturated heterocycles. The number of rotatable bonds is 8. The van der Waals surface area contributed by atoms with E-state index in [0.29, 0.717) is 5.56 Å². The second-order valence-corrected chi connectivity index (χ2v) is 10.4. The number of carbonyl (C=O) groups excluding carboxylic acids is 2. The van der Waals surface area contributed by atoms with E-state index in [2.05, 4.69) is 15.1 Å². The van der Waals surface area contributed by atoms with Gasteiger partial charge in [0.2, 0.25) is 0 Å². The van der Waals surface area contributed by atoms with Gasteiger partial charge < -0.3 is 24.7 Å². The third-order valence-electron chi connectivity index (χ3n) is 4.61. The van der Waals surface area contributed by atoms with Crippen LogP contribution in [0.2, 0.25) is 0 Å². The number of ether oxygens (including phenoxy) is 3. The summed E-state index contributed by atoms with van der Waals surface area (Å²) in [5.41, 5.74) is -0.134. The molecule has 13 heteroatoms. The van der Waals surface area contributed by atoms with Crippen molar-refractivity contribution in [1.82, 2.24) is 10.5 Å². The zero-order valence-corrected chi connectivity index (χ0v) is 20.8. The summed E-state index contributed by atoms with van der Waals surface area (Å²) in [4.78, 5) is 23.9. The first kappa shape index (κ1) is 26.5. The molecule has 0 saturated carbocycles. The summed E-state index contributed by atoms with van der Waals surface area (Å²) < 4.78 is 45.7. The van der Waals surface area contributed by atoms with Gasteiger partial charge in [-0.2, -0.15) is 0 Å². The second kappa shape index (κ2) is 10.6. The molecule has 2 aromatic carbocycles. The minimum atomic E-state index is -4.27. The molecular formula is C23H25N3O9S. The highest BCUT2D eigenvalue weighted by Crippen LogP contribution is 2.29. The number of nitrogens with zero attached hydrogens (tertiary/aromatic N) is 2. The standard InChI is InChI=1S/C23H25N3O9S/c1-23(2,3)34-22(28)24-18(21(27)32-4)14-15-10-12-16(13-11-15)33-19-20(26(29)35-25-19)36(30,31)17-8-6-5-7-9-17/h5-13,18H,14H2,1-4H3,(H,24,28)/t18-/m0/s1. The van der Waals surface area contributed by atoms with Crippen LogP contribution in [-0.4, -0.2) is 44.4 Å². The van der Waals surface area contributed by atoms with Crippen molar-refractivity contribution in [2.45, 2.75) is 48.8 Å². The maximum Gasteiger partial charge on any atom is 0.420 e. The number of amides is 1. The zero-order valence-electron chi connectivity index (χ0n) is 20.0. The maximum atomic E-state index is 12.9. The fraction of sp³-hybridized carbons (Fsp3) is 0.304. The minimum absolute atomic E-state index is 0.0738. The smallest absolute Gasteiger partial charge is 0.420 e. The van der Waals surface area contributed by atoms with Crippen LogP contribution in [0.3, 0.4) is 0 Å². The van der Waals surface area contributed by atoms with Gasteiger partial charge in [-0.1, -0.05) is 30.3 Å². The Balaban J connectivity index is 1.76.